The van der Waals surface area contributed by atoms with E-state index in [0.29, 0.717) is 12.1 Å². The van der Waals surface area contributed by atoms with Crippen molar-refractivity contribution in [1.82, 2.24) is 19.9 Å². The smallest absolute Gasteiger partial charge is 0.244 e. The second-order valence-corrected chi connectivity index (χ2v) is 5.99. The van der Waals surface area contributed by atoms with Crippen molar-refractivity contribution in [3.63, 3.8) is 0 Å². The van der Waals surface area contributed by atoms with E-state index in [0.717, 1.165) is 5.56 Å². The Balaban J connectivity index is 2.06. The molecule has 0 unspecified atom stereocenters. The number of hydrogen-bond donors (Lipinski definition) is 3. The molecular formula is C12H16N4O3S. The van der Waals surface area contributed by atoms with E-state index in [1.165, 1.54) is 0 Å². The van der Waals surface area contributed by atoms with Crippen molar-refractivity contribution in [2.45, 2.75) is 24.8 Å². The summed E-state index contributed by atoms with van der Waals surface area (Å²) in [5.41, 5.74) is 1.53. The minimum absolute atomic E-state index is 0.0229. The second kappa shape index (κ2) is 6.12. The van der Waals surface area contributed by atoms with Crippen molar-refractivity contribution in [2.75, 3.05) is 6.54 Å². The summed E-state index contributed by atoms with van der Waals surface area (Å²) in [6, 6.07) is 3.66. The summed E-state index contributed by atoms with van der Waals surface area (Å²) in [5, 5.41) is 15.4. The minimum atomic E-state index is -3.68. The van der Waals surface area contributed by atoms with E-state index >= 15 is 0 Å². The maximum Gasteiger partial charge on any atom is 0.244 e. The van der Waals surface area contributed by atoms with Crippen molar-refractivity contribution in [1.29, 1.82) is 0 Å². The highest BCUT2D eigenvalue weighted by Crippen LogP contribution is 2.17. The molecule has 0 bridgehead atoms. The van der Waals surface area contributed by atoms with Crippen molar-refractivity contribution in [3.05, 3.63) is 41.5 Å². The molecular weight excluding hydrogens is 280 g/mol. The Hall–Kier alpha value is -1.77. The van der Waals surface area contributed by atoms with Gasteiger partial charge in [-0.3, -0.25) is 10.1 Å². The Morgan fingerprint density at radius 2 is 2.05 bits per heavy atom. The lowest BCUT2D eigenvalue weighted by atomic mass is 10.2. The molecule has 0 atom stereocenters. The van der Waals surface area contributed by atoms with Crippen LogP contribution in [0.25, 0.3) is 0 Å². The number of rotatable bonds is 6. The molecule has 0 amide bonds. The first-order chi connectivity index (χ1) is 9.54. The van der Waals surface area contributed by atoms with Crippen molar-refractivity contribution < 1.29 is 13.5 Å². The number of nitrogens with zero attached hydrogens (tertiary/aromatic N) is 2. The summed E-state index contributed by atoms with van der Waals surface area (Å²) >= 11 is 0. The fourth-order valence-corrected chi connectivity index (χ4v) is 3.27. The van der Waals surface area contributed by atoms with Crippen molar-refractivity contribution in [2.24, 2.45) is 0 Å². The van der Waals surface area contributed by atoms with Gasteiger partial charge in [-0.15, -0.1) is 0 Å². The molecule has 3 N–H and O–H groups in total. The summed E-state index contributed by atoms with van der Waals surface area (Å²) < 4.78 is 26.9. The third-order valence-electron chi connectivity index (χ3n) is 2.83. The first-order valence-electron chi connectivity index (χ1n) is 6.08. The molecule has 0 saturated heterocycles. The molecule has 0 aromatic carbocycles. The zero-order chi connectivity index (χ0) is 14.6. The summed E-state index contributed by atoms with van der Waals surface area (Å²) in [5.74, 6) is 0. The van der Waals surface area contributed by atoms with Gasteiger partial charge in [0.1, 0.15) is 10.6 Å². The number of pyridine rings is 1. The van der Waals surface area contributed by atoms with Crippen LogP contribution in [0.4, 0.5) is 0 Å². The monoisotopic (exact) mass is 296 g/mol. The lowest BCUT2D eigenvalue weighted by molar-refractivity contribution is 0.273. The van der Waals surface area contributed by atoms with E-state index in [2.05, 4.69) is 19.9 Å². The number of aromatic nitrogens is 3. The normalized spacial score (nSPS) is 11.7. The number of H-pyrrole nitrogens is 1. The molecule has 8 heteroatoms. The van der Waals surface area contributed by atoms with Crippen LogP contribution in [-0.4, -0.2) is 35.3 Å². The third-order valence-corrected chi connectivity index (χ3v) is 4.50. The average molecular weight is 296 g/mol. The van der Waals surface area contributed by atoms with Gasteiger partial charge in [-0.05, 0) is 31.0 Å². The molecule has 0 aliphatic heterocycles. The van der Waals surface area contributed by atoms with E-state index < -0.39 is 16.6 Å². The van der Waals surface area contributed by atoms with Gasteiger partial charge in [-0.25, -0.2) is 13.1 Å². The first-order valence-corrected chi connectivity index (χ1v) is 7.56. The highest BCUT2D eigenvalue weighted by molar-refractivity contribution is 7.89. The number of aliphatic hydroxyl groups is 1. The molecule has 2 aromatic heterocycles. The van der Waals surface area contributed by atoms with Gasteiger partial charge in [0.15, 0.2) is 0 Å². The Morgan fingerprint density at radius 1 is 1.35 bits per heavy atom. The number of sulfonamides is 1. The first kappa shape index (κ1) is 14.6. The minimum Gasteiger partial charge on any atom is -0.390 e. The van der Waals surface area contributed by atoms with Gasteiger partial charge < -0.3 is 5.11 Å². The van der Waals surface area contributed by atoms with Gasteiger partial charge in [-0.1, -0.05) is 0 Å². The van der Waals surface area contributed by atoms with Crippen LogP contribution in [0, 0.1) is 6.92 Å². The Labute approximate surface area is 117 Å². The SMILES string of the molecule is Cc1[nH]nc(CO)c1S(=O)(=O)NCCc1ccncc1. The van der Waals surface area contributed by atoms with Gasteiger partial charge >= 0.3 is 0 Å². The fraction of sp³-hybridized carbons (Fsp3) is 0.333. The van der Waals surface area contributed by atoms with E-state index in [1.54, 1.807) is 19.3 Å². The Morgan fingerprint density at radius 3 is 2.70 bits per heavy atom. The molecule has 108 valence electrons. The van der Waals surface area contributed by atoms with Gasteiger partial charge in [0.25, 0.3) is 0 Å². The molecule has 2 aromatic rings. The largest absolute Gasteiger partial charge is 0.390 e. The molecule has 7 nitrogen and oxygen atoms in total. The highest BCUT2D eigenvalue weighted by Gasteiger charge is 2.23. The van der Waals surface area contributed by atoms with E-state index in [-0.39, 0.29) is 17.1 Å². The lowest BCUT2D eigenvalue weighted by Gasteiger charge is -2.07. The van der Waals surface area contributed by atoms with Gasteiger partial charge in [0.2, 0.25) is 10.0 Å². The predicted octanol–water partition coefficient (Wildman–Crippen LogP) is 0.126. The average Bonchev–Trinajstić information content (AvgIpc) is 2.81. The Kier molecular flexibility index (Phi) is 4.48. The number of aromatic amines is 1. The molecule has 0 saturated carbocycles. The van der Waals surface area contributed by atoms with Gasteiger partial charge in [0.05, 0.1) is 12.3 Å². The molecule has 0 aliphatic rings. The molecule has 2 heterocycles. The van der Waals surface area contributed by atoms with Crippen LogP contribution in [0.1, 0.15) is 17.0 Å². The molecule has 0 radical (unpaired) electrons. The zero-order valence-corrected chi connectivity index (χ0v) is 11.8. The number of aliphatic hydroxyl groups excluding tert-OH is 1. The topological polar surface area (TPSA) is 108 Å². The Bertz CT molecular complexity index is 667. The van der Waals surface area contributed by atoms with Gasteiger partial charge in [0, 0.05) is 18.9 Å². The number of aryl methyl sites for hydroxylation is 1. The van der Waals surface area contributed by atoms with Crippen molar-refractivity contribution >= 4 is 10.0 Å². The summed E-state index contributed by atoms with van der Waals surface area (Å²) in [7, 11) is -3.68. The van der Waals surface area contributed by atoms with Crippen LogP contribution in [0.5, 0.6) is 0 Å². The van der Waals surface area contributed by atoms with Gasteiger partial charge in [-0.2, -0.15) is 5.10 Å². The van der Waals surface area contributed by atoms with Crippen LogP contribution in [-0.2, 0) is 23.1 Å². The van der Waals surface area contributed by atoms with E-state index in [1.807, 2.05) is 12.1 Å². The number of hydrogen-bond acceptors (Lipinski definition) is 5. The molecule has 20 heavy (non-hydrogen) atoms. The summed E-state index contributed by atoms with van der Waals surface area (Å²) in [6.45, 7) is 1.44. The van der Waals surface area contributed by atoms with Crippen LogP contribution >= 0.6 is 0 Å². The third kappa shape index (κ3) is 3.21. The zero-order valence-electron chi connectivity index (χ0n) is 11.0. The summed E-state index contributed by atoms with van der Waals surface area (Å²) in [6.07, 6.45) is 3.88. The number of nitrogens with one attached hydrogen (secondary N) is 2. The lowest BCUT2D eigenvalue weighted by Crippen LogP contribution is -2.27. The quantitative estimate of drug-likeness (QED) is 0.702. The standard InChI is InChI=1S/C12H16N4O3S/c1-9-12(11(8-17)16-15-9)20(18,19)14-7-4-10-2-5-13-6-3-10/h2-3,5-6,14,17H,4,7-8H2,1H3,(H,15,16). The maximum atomic E-state index is 12.2. The van der Waals surface area contributed by atoms with E-state index in [9.17, 15) is 8.42 Å². The van der Waals surface area contributed by atoms with Crippen LogP contribution in [0.2, 0.25) is 0 Å². The van der Waals surface area contributed by atoms with Crippen molar-refractivity contribution in [3.8, 4) is 0 Å². The van der Waals surface area contributed by atoms with Crippen LogP contribution in [0.15, 0.2) is 29.4 Å². The van der Waals surface area contributed by atoms with E-state index in [4.69, 9.17) is 5.11 Å². The summed E-state index contributed by atoms with van der Waals surface area (Å²) in [4.78, 5) is 3.92. The second-order valence-electron chi connectivity index (χ2n) is 4.29. The highest BCUT2D eigenvalue weighted by atomic mass is 32.2. The predicted molar refractivity (Wildman–Crippen MR) is 72.4 cm³/mol. The van der Waals surface area contributed by atoms with Crippen LogP contribution < -0.4 is 4.72 Å². The molecule has 2 rings (SSSR count). The molecule has 0 fully saturated rings. The van der Waals surface area contributed by atoms with Crippen LogP contribution in [0.3, 0.4) is 0 Å². The molecule has 0 aliphatic carbocycles. The maximum absolute atomic E-state index is 12.2. The molecule has 0 spiro atoms. The fourth-order valence-electron chi connectivity index (χ4n) is 1.88.